The van der Waals surface area contributed by atoms with Crippen LogP contribution < -0.4 is 14.0 Å². The lowest BCUT2D eigenvalue weighted by Gasteiger charge is -2.33. The number of aromatic nitrogens is 6. The van der Waals surface area contributed by atoms with Crippen molar-refractivity contribution in [2.24, 2.45) is 0 Å². The standard InChI is InChI=1S/C39H26N6O/c1-23-35(29-17-15-26(22-41-29)25-9-8-19-40-21-25)24(2)45-39-36-31(44(23)45)12-7-13-32(36)46-33-18-16-28-27-10-3-4-11-30(27)43(38(28)37(33)39)34-14-5-6-20-42(34)39/h3-22H,1-2H3/q+2. The van der Waals surface area contributed by atoms with Gasteiger partial charge in [-0.1, -0.05) is 41.1 Å². The molecule has 7 nitrogen and oxygen atoms in total. The average Bonchev–Trinajstić information content (AvgIpc) is 3.70. The summed E-state index contributed by atoms with van der Waals surface area (Å²) < 4.78 is 16.6. The van der Waals surface area contributed by atoms with Gasteiger partial charge in [-0.05, 0) is 61.5 Å². The van der Waals surface area contributed by atoms with Crippen LogP contribution in [0.1, 0.15) is 22.5 Å². The molecule has 11 rings (SSSR count). The summed E-state index contributed by atoms with van der Waals surface area (Å²) in [5, 5.41) is 2.46. The maximum absolute atomic E-state index is 6.82. The Balaban J connectivity index is 1.29. The first kappa shape index (κ1) is 24.3. The summed E-state index contributed by atoms with van der Waals surface area (Å²) >= 11 is 0. The van der Waals surface area contributed by atoms with Crippen LogP contribution in [0.3, 0.4) is 0 Å². The molecule has 7 heteroatoms. The Morgan fingerprint density at radius 2 is 1.61 bits per heavy atom. The molecule has 0 radical (unpaired) electrons. The second-order valence-electron chi connectivity index (χ2n) is 12.4. The lowest BCUT2D eigenvalue weighted by Crippen LogP contribution is -2.77. The van der Waals surface area contributed by atoms with Crippen LogP contribution in [0.5, 0.6) is 11.5 Å². The Hall–Kier alpha value is -6.08. The summed E-state index contributed by atoms with van der Waals surface area (Å²) in [5.74, 6) is 2.87. The highest BCUT2D eigenvalue weighted by molar-refractivity contribution is 6.11. The van der Waals surface area contributed by atoms with Gasteiger partial charge in [-0.2, -0.15) is 9.13 Å². The number of rotatable bonds is 2. The predicted octanol–water partition coefficient (Wildman–Crippen LogP) is 6.92. The van der Waals surface area contributed by atoms with Gasteiger partial charge in [0.25, 0.3) is 5.82 Å². The fourth-order valence-corrected chi connectivity index (χ4v) is 8.58. The zero-order valence-corrected chi connectivity index (χ0v) is 25.1. The summed E-state index contributed by atoms with van der Waals surface area (Å²) in [4.78, 5) is 9.34. The SMILES string of the molecule is Cc1c(-c2ccc(-c3cccnc3)cn2)c(C)[n+]2n1-c1cccc3c1C21c2c(ccc4c5ccccc5n(c24)-c2cccc[n+]21)O3. The number of hydrogen-bond acceptors (Lipinski definition) is 3. The maximum Gasteiger partial charge on any atom is 0.397 e. The van der Waals surface area contributed by atoms with Crippen molar-refractivity contribution in [2.45, 2.75) is 19.5 Å². The molecule has 0 N–H and O–H groups in total. The van der Waals surface area contributed by atoms with Crippen LogP contribution in [0.4, 0.5) is 0 Å². The molecule has 0 saturated heterocycles. The number of nitrogens with zero attached hydrogens (tertiary/aromatic N) is 6. The summed E-state index contributed by atoms with van der Waals surface area (Å²) in [6.07, 6.45) is 7.86. The van der Waals surface area contributed by atoms with Crippen LogP contribution >= 0.6 is 0 Å². The number of pyridine rings is 3. The van der Waals surface area contributed by atoms with Gasteiger partial charge in [-0.25, -0.2) is 0 Å². The van der Waals surface area contributed by atoms with Crippen LogP contribution in [0.15, 0.2) is 122 Å². The van der Waals surface area contributed by atoms with Crippen molar-refractivity contribution in [3.05, 3.63) is 144 Å². The third kappa shape index (κ3) is 2.60. The Morgan fingerprint density at radius 1 is 0.739 bits per heavy atom. The zero-order chi connectivity index (χ0) is 30.3. The van der Waals surface area contributed by atoms with Gasteiger partial charge in [-0.3, -0.25) is 9.97 Å². The number of ether oxygens (including phenoxy) is 1. The van der Waals surface area contributed by atoms with Crippen molar-refractivity contribution in [3.63, 3.8) is 0 Å². The Labute approximate surface area is 263 Å². The van der Waals surface area contributed by atoms with Gasteiger partial charge in [-0.15, -0.1) is 4.68 Å². The first-order valence-corrected chi connectivity index (χ1v) is 15.6. The van der Waals surface area contributed by atoms with E-state index < -0.39 is 5.66 Å². The van der Waals surface area contributed by atoms with Crippen molar-refractivity contribution in [3.8, 4) is 45.4 Å². The molecule has 5 aromatic heterocycles. The Morgan fingerprint density at radius 3 is 2.48 bits per heavy atom. The van der Waals surface area contributed by atoms with Gasteiger partial charge in [0.05, 0.1) is 23.1 Å². The molecule has 1 unspecified atom stereocenters. The lowest BCUT2D eigenvalue weighted by molar-refractivity contribution is -0.995. The number of benzene rings is 3. The first-order valence-electron chi connectivity index (χ1n) is 15.6. The Bertz CT molecular complexity index is 2630. The van der Waals surface area contributed by atoms with Gasteiger partial charge < -0.3 is 4.74 Å². The topological polar surface area (TPSA) is 52.6 Å². The van der Waals surface area contributed by atoms with E-state index in [1.807, 2.05) is 18.5 Å². The monoisotopic (exact) mass is 594 g/mol. The molecule has 3 aromatic carbocycles. The number of para-hydroxylation sites is 1. The molecule has 1 atom stereocenters. The van der Waals surface area contributed by atoms with Crippen molar-refractivity contribution in [1.82, 2.24) is 19.2 Å². The second-order valence-corrected chi connectivity index (χ2v) is 12.4. The van der Waals surface area contributed by atoms with Gasteiger partial charge in [0.15, 0.2) is 11.1 Å². The van der Waals surface area contributed by atoms with Crippen LogP contribution in [-0.4, -0.2) is 19.2 Å². The molecular formula is C39H26N6O+2. The minimum absolute atomic E-state index is 0.720. The van der Waals surface area contributed by atoms with E-state index in [-0.39, 0.29) is 0 Å². The molecule has 3 aliphatic rings. The van der Waals surface area contributed by atoms with Crippen LogP contribution in [-0.2, 0) is 5.66 Å². The zero-order valence-electron chi connectivity index (χ0n) is 25.1. The fourth-order valence-electron chi connectivity index (χ4n) is 8.58. The van der Waals surface area contributed by atoms with E-state index >= 15 is 0 Å². The summed E-state index contributed by atoms with van der Waals surface area (Å²) in [7, 11) is 0. The highest BCUT2D eigenvalue weighted by Crippen LogP contribution is 2.55. The summed E-state index contributed by atoms with van der Waals surface area (Å²) in [6.45, 7) is 4.44. The van der Waals surface area contributed by atoms with Crippen molar-refractivity contribution in [1.29, 1.82) is 0 Å². The van der Waals surface area contributed by atoms with E-state index in [1.54, 1.807) is 6.20 Å². The smallest absolute Gasteiger partial charge is 0.397 e. The third-order valence-electron chi connectivity index (χ3n) is 10.2. The maximum atomic E-state index is 6.82. The minimum atomic E-state index is -0.720. The van der Waals surface area contributed by atoms with E-state index in [0.29, 0.717) is 0 Å². The molecule has 0 fully saturated rings. The molecule has 1 spiro atoms. The molecule has 3 aliphatic heterocycles. The van der Waals surface area contributed by atoms with Gasteiger partial charge >= 0.3 is 5.66 Å². The quantitative estimate of drug-likeness (QED) is 0.204. The second kappa shape index (κ2) is 8.14. The molecule has 0 aliphatic carbocycles. The van der Waals surface area contributed by atoms with Crippen LogP contribution in [0, 0.1) is 13.8 Å². The van der Waals surface area contributed by atoms with Crippen molar-refractivity contribution in [2.75, 3.05) is 0 Å². The van der Waals surface area contributed by atoms with Crippen LogP contribution in [0.25, 0.3) is 55.7 Å². The van der Waals surface area contributed by atoms with E-state index in [1.165, 1.54) is 21.8 Å². The van der Waals surface area contributed by atoms with Crippen LogP contribution in [0.2, 0.25) is 0 Å². The highest BCUT2D eigenvalue weighted by Gasteiger charge is 2.69. The molecule has 0 amide bonds. The number of fused-ring (bicyclic) bond motifs is 7. The average molecular weight is 595 g/mol. The molecular weight excluding hydrogens is 568 g/mol. The molecule has 0 bridgehead atoms. The largest absolute Gasteiger partial charge is 0.456 e. The summed E-state index contributed by atoms with van der Waals surface area (Å²) in [5.41, 5.74) is 11.5. The third-order valence-corrected chi connectivity index (χ3v) is 10.2. The number of hydrogen-bond donors (Lipinski definition) is 0. The summed E-state index contributed by atoms with van der Waals surface area (Å²) in [6, 6.07) is 34.4. The predicted molar refractivity (Wildman–Crippen MR) is 175 cm³/mol. The van der Waals surface area contributed by atoms with E-state index in [9.17, 15) is 0 Å². The van der Waals surface area contributed by atoms with Gasteiger partial charge in [0.2, 0.25) is 5.69 Å². The molecule has 216 valence electrons. The van der Waals surface area contributed by atoms with E-state index in [0.717, 1.165) is 67.9 Å². The first-order chi connectivity index (χ1) is 22.7. The van der Waals surface area contributed by atoms with E-state index in [2.05, 4.69) is 135 Å². The lowest BCUT2D eigenvalue weighted by atomic mass is 9.84. The Kier molecular flexibility index (Phi) is 4.29. The molecule has 46 heavy (non-hydrogen) atoms. The molecule has 8 aromatic rings. The fraction of sp³-hybridized carbons (Fsp3) is 0.0769. The normalized spacial score (nSPS) is 16.3. The minimum Gasteiger partial charge on any atom is -0.456 e. The highest BCUT2D eigenvalue weighted by atomic mass is 16.5. The molecule has 8 heterocycles. The van der Waals surface area contributed by atoms with Gasteiger partial charge in [0, 0.05) is 53.5 Å². The molecule has 0 saturated carbocycles. The van der Waals surface area contributed by atoms with Gasteiger partial charge in [0.1, 0.15) is 28.3 Å². The van der Waals surface area contributed by atoms with Crippen molar-refractivity contribution >= 4 is 21.8 Å². The van der Waals surface area contributed by atoms with E-state index in [4.69, 9.17) is 9.72 Å². The van der Waals surface area contributed by atoms with Crippen molar-refractivity contribution < 1.29 is 14.0 Å².